The lowest BCUT2D eigenvalue weighted by Gasteiger charge is -2.26. The third-order valence-corrected chi connectivity index (χ3v) is 3.57. The van der Waals surface area contributed by atoms with Gasteiger partial charge in [-0.05, 0) is 25.7 Å². The average molecular weight is 212 g/mol. The van der Waals surface area contributed by atoms with Crippen LogP contribution >= 0.6 is 11.6 Å². The monoisotopic (exact) mass is 211 g/mol. The van der Waals surface area contributed by atoms with Crippen molar-refractivity contribution in [1.29, 1.82) is 0 Å². The summed E-state index contributed by atoms with van der Waals surface area (Å²) in [5.41, 5.74) is 2.36. The highest BCUT2D eigenvalue weighted by Crippen LogP contribution is 2.43. The molecule has 1 heterocycles. The van der Waals surface area contributed by atoms with Crippen LogP contribution in [-0.4, -0.2) is 15.0 Å². The summed E-state index contributed by atoms with van der Waals surface area (Å²) < 4.78 is 2.14. The minimum Gasteiger partial charge on any atom is -0.246 e. The summed E-state index contributed by atoms with van der Waals surface area (Å²) in [5, 5.41) is 8.41. The molecule has 4 heteroatoms. The number of nitrogens with zero attached hydrogens (tertiary/aromatic N) is 3. The molecule has 14 heavy (non-hydrogen) atoms. The second kappa shape index (κ2) is 3.23. The lowest BCUT2D eigenvalue weighted by Crippen LogP contribution is -2.16. The first-order valence-electron chi connectivity index (χ1n) is 5.40. The number of hydrogen-bond acceptors (Lipinski definition) is 2. The second-order valence-corrected chi connectivity index (χ2v) is 4.63. The van der Waals surface area contributed by atoms with Gasteiger partial charge in [-0.3, -0.25) is 0 Å². The van der Waals surface area contributed by atoms with E-state index < -0.39 is 0 Å². The zero-order valence-electron chi connectivity index (χ0n) is 8.12. The van der Waals surface area contributed by atoms with Crippen molar-refractivity contribution in [2.75, 3.05) is 0 Å². The molecule has 0 N–H and O–H groups in total. The Labute approximate surface area is 88.4 Å². The Morgan fingerprint density at radius 2 is 2.07 bits per heavy atom. The highest BCUT2D eigenvalue weighted by atomic mass is 35.5. The summed E-state index contributed by atoms with van der Waals surface area (Å²) in [6.07, 6.45) is 6.48. The molecule has 2 fully saturated rings. The van der Waals surface area contributed by atoms with Crippen LogP contribution in [0.1, 0.15) is 55.5 Å². The molecule has 0 radical (unpaired) electrons. The molecular weight excluding hydrogens is 198 g/mol. The Morgan fingerprint density at radius 3 is 2.57 bits per heavy atom. The van der Waals surface area contributed by atoms with E-state index in [1.807, 2.05) is 0 Å². The molecule has 3 rings (SSSR count). The molecule has 0 unspecified atom stereocenters. The molecular formula is C10H14ClN3. The van der Waals surface area contributed by atoms with Gasteiger partial charge < -0.3 is 0 Å². The van der Waals surface area contributed by atoms with Crippen molar-refractivity contribution in [3.63, 3.8) is 0 Å². The molecule has 0 saturated heterocycles. The summed E-state index contributed by atoms with van der Waals surface area (Å²) in [6.45, 7) is 0. The Balaban J connectivity index is 1.97. The zero-order valence-corrected chi connectivity index (χ0v) is 8.87. The normalized spacial score (nSPS) is 22.4. The summed E-state index contributed by atoms with van der Waals surface area (Å²) in [5.74, 6) is 1.21. The first-order valence-corrected chi connectivity index (χ1v) is 5.93. The number of aromatic nitrogens is 3. The van der Waals surface area contributed by atoms with Crippen LogP contribution in [0.25, 0.3) is 0 Å². The highest BCUT2D eigenvalue weighted by molar-refractivity contribution is 6.16. The molecule has 0 spiro atoms. The maximum absolute atomic E-state index is 5.88. The molecule has 2 aliphatic carbocycles. The van der Waals surface area contributed by atoms with Crippen molar-refractivity contribution < 1.29 is 0 Å². The molecule has 76 valence electrons. The first-order chi connectivity index (χ1) is 6.90. The molecule has 0 atom stereocenters. The number of hydrogen-bond donors (Lipinski definition) is 0. The number of rotatable bonds is 3. The largest absolute Gasteiger partial charge is 0.246 e. The third kappa shape index (κ3) is 1.26. The minimum absolute atomic E-state index is 0.512. The molecule has 0 aliphatic heterocycles. The summed E-state index contributed by atoms with van der Waals surface area (Å²) in [6, 6.07) is 0.634. The first kappa shape index (κ1) is 8.72. The van der Waals surface area contributed by atoms with Gasteiger partial charge >= 0.3 is 0 Å². The van der Waals surface area contributed by atoms with Crippen molar-refractivity contribution in [2.24, 2.45) is 0 Å². The van der Waals surface area contributed by atoms with Crippen LogP contribution in [0.5, 0.6) is 0 Å². The van der Waals surface area contributed by atoms with Crippen molar-refractivity contribution >= 4 is 11.6 Å². The second-order valence-electron chi connectivity index (χ2n) is 4.36. The van der Waals surface area contributed by atoms with Crippen LogP contribution in [0.4, 0.5) is 0 Å². The molecule has 0 amide bonds. The van der Waals surface area contributed by atoms with Crippen molar-refractivity contribution in [1.82, 2.24) is 15.0 Å². The fourth-order valence-corrected chi connectivity index (χ4v) is 2.31. The van der Waals surface area contributed by atoms with E-state index >= 15 is 0 Å². The van der Waals surface area contributed by atoms with Gasteiger partial charge in [0.15, 0.2) is 0 Å². The van der Waals surface area contributed by atoms with Crippen molar-refractivity contribution in [3.05, 3.63) is 11.4 Å². The van der Waals surface area contributed by atoms with Gasteiger partial charge in [0.25, 0.3) is 0 Å². The predicted octanol–water partition coefficient (Wildman–Crippen LogP) is 2.62. The number of halogens is 1. The molecule has 3 nitrogen and oxygen atoms in total. The van der Waals surface area contributed by atoms with Gasteiger partial charge in [-0.25, -0.2) is 4.68 Å². The van der Waals surface area contributed by atoms with E-state index in [1.165, 1.54) is 37.8 Å². The summed E-state index contributed by atoms with van der Waals surface area (Å²) in [7, 11) is 0. The van der Waals surface area contributed by atoms with E-state index in [0.717, 1.165) is 5.69 Å². The third-order valence-electron chi connectivity index (χ3n) is 3.32. The zero-order chi connectivity index (χ0) is 9.54. The molecule has 0 bridgehead atoms. The predicted molar refractivity (Wildman–Crippen MR) is 54.4 cm³/mol. The fourth-order valence-electron chi connectivity index (χ4n) is 2.12. The van der Waals surface area contributed by atoms with Gasteiger partial charge in [0.2, 0.25) is 0 Å². The SMILES string of the molecule is ClCc1nnn(C2CC2)c1C1CCC1. The maximum Gasteiger partial charge on any atom is 0.101 e. The van der Waals surface area contributed by atoms with E-state index in [2.05, 4.69) is 15.0 Å². The van der Waals surface area contributed by atoms with Crippen LogP contribution in [-0.2, 0) is 5.88 Å². The van der Waals surface area contributed by atoms with E-state index in [9.17, 15) is 0 Å². The smallest absolute Gasteiger partial charge is 0.101 e. The van der Waals surface area contributed by atoms with Crippen molar-refractivity contribution in [3.8, 4) is 0 Å². The maximum atomic E-state index is 5.88. The molecule has 1 aromatic heterocycles. The Morgan fingerprint density at radius 1 is 1.29 bits per heavy atom. The molecule has 2 aliphatic rings. The molecule has 2 saturated carbocycles. The standard InChI is InChI=1S/C10H14ClN3/c11-6-9-10(7-2-1-3-7)14(13-12-9)8-4-5-8/h7-8H,1-6H2. The van der Waals surface area contributed by atoms with Crippen molar-refractivity contribution in [2.45, 2.75) is 49.9 Å². The van der Waals surface area contributed by atoms with E-state index in [-0.39, 0.29) is 0 Å². The lowest BCUT2D eigenvalue weighted by molar-refractivity contribution is 0.386. The Bertz CT molecular complexity index is 339. The number of alkyl halides is 1. The summed E-state index contributed by atoms with van der Waals surface area (Å²) >= 11 is 5.88. The lowest BCUT2D eigenvalue weighted by atomic mass is 9.82. The van der Waals surface area contributed by atoms with Gasteiger partial charge in [0.1, 0.15) is 5.69 Å². The van der Waals surface area contributed by atoms with Gasteiger partial charge in [-0.2, -0.15) is 0 Å². The van der Waals surface area contributed by atoms with Crippen LogP contribution in [0.3, 0.4) is 0 Å². The quantitative estimate of drug-likeness (QED) is 0.720. The minimum atomic E-state index is 0.512. The average Bonchev–Trinajstić information content (AvgIpc) is 2.86. The Kier molecular flexibility index (Phi) is 2.01. The van der Waals surface area contributed by atoms with E-state index in [0.29, 0.717) is 17.8 Å². The van der Waals surface area contributed by atoms with Crippen LogP contribution < -0.4 is 0 Å². The van der Waals surface area contributed by atoms with Crippen LogP contribution in [0.2, 0.25) is 0 Å². The van der Waals surface area contributed by atoms with Crippen LogP contribution in [0, 0.1) is 0 Å². The Hall–Kier alpha value is -0.570. The van der Waals surface area contributed by atoms with Gasteiger partial charge in [-0.15, -0.1) is 16.7 Å². The molecule has 0 aromatic carbocycles. The highest BCUT2D eigenvalue weighted by Gasteiger charge is 2.33. The van der Waals surface area contributed by atoms with E-state index in [1.54, 1.807) is 0 Å². The van der Waals surface area contributed by atoms with Crippen LogP contribution in [0.15, 0.2) is 0 Å². The van der Waals surface area contributed by atoms with Gasteiger partial charge in [0.05, 0.1) is 17.6 Å². The fraction of sp³-hybridized carbons (Fsp3) is 0.800. The topological polar surface area (TPSA) is 30.7 Å². The van der Waals surface area contributed by atoms with Gasteiger partial charge in [-0.1, -0.05) is 11.6 Å². The molecule has 1 aromatic rings. The summed E-state index contributed by atoms with van der Waals surface area (Å²) in [4.78, 5) is 0. The van der Waals surface area contributed by atoms with Gasteiger partial charge in [0, 0.05) is 5.92 Å². The van der Waals surface area contributed by atoms with E-state index in [4.69, 9.17) is 11.6 Å².